The zero-order valence-corrected chi connectivity index (χ0v) is 22.1. The van der Waals surface area contributed by atoms with Crippen LogP contribution in [0, 0.1) is 5.92 Å². The molecule has 0 N–H and O–H groups in total. The van der Waals surface area contributed by atoms with Gasteiger partial charge >= 0.3 is 0 Å². The molecule has 3 heteroatoms. The Morgan fingerprint density at radius 3 is 2.45 bits per heavy atom. The van der Waals surface area contributed by atoms with Gasteiger partial charge in [0.25, 0.3) is 0 Å². The van der Waals surface area contributed by atoms with E-state index in [1.54, 1.807) is 0 Å². The topological polar surface area (TPSA) is 29.6 Å². The molecule has 1 atom stereocenters. The molecule has 5 aromatic rings. The Balaban J connectivity index is 1.41. The number of fused-ring (bicyclic) bond motifs is 6. The third-order valence-electron chi connectivity index (χ3n) is 8.28. The van der Waals surface area contributed by atoms with Crippen molar-refractivity contribution in [1.29, 1.82) is 0 Å². The third-order valence-corrected chi connectivity index (χ3v) is 8.28. The van der Waals surface area contributed by atoms with Crippen molar-refractivity contribution in [2.75, 3.05) is 0 Å². The van der Waals surface area contributed by atoms with Crippen LogP contribution in [0.15, 0.2) is 138 Å². The highest BCUT2D eigenvalue weighted by atomic mass is 15.1. The highest BCUT2D eigenvalue weighted by Crippen LogP contribution is 2.40. The van der Waals surface area contributed by atoms with E-state index in [1.807, 2.05) is 6.07 Å². The maximum atomic E-state index is 5.40. The summed E-state index contributed by atoms with van der Waals surface area (Å²) in [4.78, 5) is 10.6. The van der Waals surface area contributed by atoms with Crippen LogP contribution >= 0.6 is 0 Å². The molecule has 3 heterocycles. The minimum Gasteiger partial charge on any atom is -0.294 e. The number of para-hydroxylation sites is 1. The van der Waals surface area contributed by atoms with Crippen LogP contribution in [0.4, 0.5) is 5.69 Å². The van der Waals surface area contributed by atoms with Gasteiger partial charge in [-0.2, -0.15) is 0 Å². The van der Waals surface area contributed by atoms with Gasteiger partial charge in [0.2, 0.25) is 0 Å². The van der Waals surface area contributed by atoms with Gasteiger partial charge in [-0.3, -0.25) is 9.56 Å². The van der Waals surface area contributed by atoms with Crippen molar-refractivity contribution >= 4 is 50.3 Å². The Morgan fingerprint density at radius 2 is 1.55 bits per heavy atom. The molecular formula is C37H27N3. The second kappa shape index (κ2) is 9.03. The molecule has 0 spiro atoms. The number of aryl methyl sites for hydroxylation is 1. The lowest BCUT2D eigenvalue weighted by molar-refractivity contribution is 0.751. The van der Waals surface area contributed by atoms with Gasteiger partial charge in [0.05, 0.1) is 22.4 Å². The van der Waals surface area contributed by atoms with Crippen LogP contribution < -0.4 is 0 Å². The predicted octanol–water partition coefficient (Wildman–Crippen LogP) is 8.92. The van der Waals surface area contributed by atoms with E-state index < -0.39 is 0 Å². The van der Waals surface area contributed by atoms with Gasteiger partial charge in [0.15, 0.2) is 0 Å². The largest absolute Gasteiger partial charge is 0.294 e. The normalized spacial score (nSPS) is 17.9. The zero-order chi connectivity index (χ0) is 26.6. The first-order valence-electron chi connectivity index (χ1n) is 13.9. The molecule has 1 aromatic heterocycles. The first-order valence-corrected chi connectivity index (χ1v) is 13.9. The van der Waals surface area contributed by atoms with E-state index in [-0.39, 0.29) is 0 Å². The fourth-order valence-electron chi connectivity index (χ4n) is 6.33. The van der Waals surface area contributed by atoms with Crippen LogP contribution in [0.25, 0.3) is 33.2 Å². The lowest BCUT2D eigenvalue weighted by Gasteiger charge is -2.12. The van der Waals surface area contributed by atoms with Gasteiger partial charge < -0.3 is 0 Å². The van der Waals surface area contributed by atoms with Gasteiger partial charge in [-0.1, -0.05) is 97.6 Å². The van der Waals surface area contributed by atoms with Crippen molar-refractivity contribution in [3.8, 4) is 0 Å². The van der Waals surface area contributed by atoms with Crippen LogP contribution in [0.2, 0.25) is 0 Å². The molecule has 0 bridgehead atoms. The molecule has 40 heavy (non-hydrogen) atoms. The Hall–Kier alpha value is -5.02. The van der Waals surface area contributed by atoms with Crippen molar-refractivity contribution < 1.29 is 0 Å². The van der Waals surface area contributed by atoms with Crippen molar-refractivity contribution in [1.82, 2.24) is 4.57 Å². The van der Waals surface area contributed by atoms with E-state index in [0.29, 0.717) is 5.92 Å². The summed E-state index contributed by atoms with van der Waals surface area (Å²) in [5, 5.41) is 2.39. The third kappa shape index (κ3) is 3.59. The first-order chi connectivity index (χ1) is 19.7. The van der Waals surface area contributed by atoms with Crippen LogP contribution in [0.1, 0.15) is 28.7 Å². The van der Waals surface area contributed by atoms with E-state index in [9.17, 15) is 0 Å². The molecule has 3 aliphatic rings. The van der Waals surface area contributed by atoms with E-state index in [0.717, 1.165) is 69.1 Å². The van der Waals surface area contributed by atoms with Crippen molar-refractivity contribution in [3.63, 3.8) is 0 Å². The molecule has 1 unspecified atom stereocenters. The molecule has 4 aromatic carbocycles. The van der Waals surface area contributed by atoms with E-state index in [2.05, 4.69) is 126 Å². The minimum absolute atomic E-state index is 0.375. The Kier molecular flexibility index (Phi) is 5.17. The summed E-state index contributed by atoms with van der Waals surface area (Å²) in [7, 11) is 0. The Morgan fingerprint density at radius 1 is 0.750 bits per heavy atom. The molecule has 3 nitrogen and oxygen atoms in total. The van der Waals surface area contributed by atoms with Gasteiger partial charge in [-0.05, 0) is 59.9 Å². The average Bonchev–Trinajstić information content (AvgIpc) is 3.10. The summed E-state index contributed by atoms with van der Waals surface area (Å²) < 4.78 is 2.32. The Bertz CT molecular complexity index is 2010. The van der Waals surface area contributed by atoms with Gasteiger partial charge in [-0.15, -0.1) is 0 Å². The number of allylic oxidation sites excluding steroid dienone is 6. The maximum absolute atomic E-state index is 5.40. The van der Waals surface area contributed by atoms with Crippen molar-refractivity contribution in [2.24, 2.45) is 15.9 Å². The summed E-state index contributed by atoms with van der Waals surface area (Å²) in [6, 6.07) is 32.2. The summed E-state index contributed by atoms with van der Waals surface area (Å²) in [5.41, 5.74) is 11.0. The monoisotopic (exact) mass is 513 g/mol. The van der Waals surface area contributed by atoms with Gasteiger partial charge in [0, 0.05) is 33.5 Å². The van der Waals surface area contributed by atoms with Crippen LogP contribution in [-0.4, -0.2) is 16.0 Å². The first kappa shape index (κ1) is 22.9. The summed E-state index contributed by atoms with van der Waals surface area (Å²) in [5.74, 6) is 1.24. The number of aliphatic imine (C=N–C) groups is 2. The molecule has 0 radical (unpaired) electrons. The van der Waals surface area contributed by atoms with Crippen LogP contribution in [-0.2, 0) is 6.42 Å². The summed E-state index contributed by atoms with van der Waals surface area (Å²) in [6.45, 7) is 4.49. The highest BCUT2D eigenvalue weighted by Gasteiger charge is 2.24. The number of hydrogen-bond acceptors (Lipinski definition) is 2. The quantitative estimate of drug-likeness (QED) is 0.226. The lowest BCUT2D eigenvalue weighted by atomic mass is 9.93. The number of rotatable bonds is 2. The molecule has 8 rings (SSSR count). The number of nitrogens with zero attached hydrogens (tertiary/aromatic N) is 3. The molecule has 190 valence electrons. The SMILES string of the molecule is C=C1C=C(n2c3ccccc3c3cc4c(cc32)CCC2C=CC=CC2=N4)N=C(c2ccccc2)c2ccccc21. The van der Waals surface area contributed by atoms with Gasteiger partial charge in [-0.25, -0.2) is 4.99 Å². The molecule has 0 fully saturated rings. The fourth-order valence-corrected chi connectivity index (χ4v) is 6.33. The van der Waals surface area contributed by atoms with Crippen LogP contribution in [0.5, 0.6) is 0 Å². The molecule has 0 amide bonds. The summed E-state index contributed by atoms with van der Waals surface area (Å²) in [6.07, 6.45) is 12.9. The summed E-state index contributed by atoms with van der Waals surface area (Å²) >= 11 is 0. The van der Waals surface area contributed by atoms with E-state index in [4.69, 9.17) is 9.98 Å². The standard InChI is InChI=1S/C37H27N3/c1-24-21-36(39-37(26-12-3-2-4-13-26)30-16-7-6-14-28(24)30)40-34-18-10-8-15-29(34)31-23-33-27(22-35(31)40)20-19-25-11-5-9-17-32(25)38-33/h2-18,21-23,25H,1,19-20H2. The molecular weight excluding hydrogens is 486 g/mol. The second-order valence-electron chi connectivity index (χ2n) is 10.7. The van der Waals surface area contributed by atoms with Crippen molar-refractivity contribution in [2.45, 2.75) is 12.8 Å². The maximum Gasteiger partial charge on any atom is 0.138 e. The average molecular weight is 514 g/mol. The van der Waals surface area contributed by atoms with Crippen molar-refractivity contribution in [3.05, 3.63) is 150 Å². The smallest absolute Gasteiger partial charge is 0.138 e. The van der Waals surface area contributed by atoms with E-state index in [1.165, 1.54) is 16.3 Å². The Labute approximate surface area is 233 Å². The highest BCUT2D eigenvalue weighted by molar-refractivity contribution is 6.19. The number of hydrogen-bond donors (Lipinski definition) is 0. The lowest BCUT2D eigenvalue weighted by Crippen LogP contribution is -2.10. The minimum atomic E-state index is 0.375. The second-order valence-corrected chi connectivity index (χ2v) is 10.7. The number of aromatic nitrogens is 1. The molecule has 2 aliphatic heterocycles. The van der Waals surface area contributed by atoms with Crippen LogP contribution in [0.3, 0.4) is 0 Å². The van der Waals surface area contributed by atoms with E-state index >= 15 is 0 Å². The molecule has 0 saturated heterocycles. The molecule has 0 saturated carbocycles. The molecule has 1 aliphatic carbocycles. The number of benzene rings is 4. The zero-order valence-electron chi connectivity index (χ0n) is 22.1. The van der Waals surface area contributed by atoms with Gasteiger partial charge in [0.1, 0.15) is 5.82 Å². The predicted molar refractivity (Wildman–Crippen MR) is 168 cm³/mol. The fraction of sp³-hybridized carbons (Fsp3) is 0.0811.